The molecule has 4 rings (SSSR count). The van der Waals surface area contributed by atoms with E-state index in [1.54, 1.807) is 57.5 Å². The van der Waals surface area contributed by atoms with E-state index in [-0.39, 0.29) is 5.91 Å². The zero-order chi connectivity index (χ0) is 31.5. The van der Waals surface area contributed by atoms with Gasteiger partial charge in [0.2, 0.25) is 0 Å². The summed E-state index contributed by atoms with van der Waals surface area (Å²) in [4.78, 5) is 31.0. The van der Waals surface area contributed by atoms with Crippen molar-refractivity contribution in [3.8, 4) is 5.75 Å². The zero-order valence-corrected chi connectivity index (χ0v) is 25.7. The molecular weight excluding hydrogens is 558 g/mol. The van der Waals surface area contributed by atoms with Crippen molar-refractivity contribution in [1.82, 2.24) is 10.3 Å². The standard InChI is InChI=1S/C34H43N5O5/c1-24(40)21-38(22-25(2)41)23-27-8-7-9-28(18-27)33(42)36-32-15-12-29(39-16-5-4-6-17-39)19-31(32)34(43)37-35-20-26-10-13-30(44-3)14-11-26/h7-15,18-20,24-25,40-41H,4-6,16-17,21-23H2,1-3H3,(H,36,42)(H,37,43). The van der Waals surface area contributed by atoms with E-state index in [1.165, 1.54) is 6.42 Å². The number of hydrogen-bond acceptors (Lipinski definition) is 8. The fraction of sp³-hybridized carbons (Fsp3) is 0.382. The maximum Gasteiger partial charge on any atom is 0.273 e. The Morgan fingerprint density at radius 1 is 0.955 bits per heavy atom. The predicted octanol–water partition coefficient (Wildman–Crippen LogP) is 4.27. The second-order valence-electron chi connectivity index (χ2n) is 11.3. The Hall–Kier alpha value is -4.25. The zero-order valence-electron chi connectivity index (χ0n) is 25.7. The number of carbonyl (C=O) groups excluding carboxylic acids is 2. The number of hydrazone groups is 1. The van der Waals surface area contributed by atoms with Gasteiger partial charge < -0.3 is 25.2 Å². The highest BCUT2D eigenvalue weighted by Gasteiger charge is 2.19. The van der Waals surface area contributed by atoms with E-state index in [0.29, 0.717) is 36.4 Å². The molecule has 1 aliphatic heterocycles. The molecule has 1 heterocycles. The summed E-state index contributed by atoms with van der Waals surface area (Å²) in [7, 11) is 1.60. The fourth-order valence-electron chi connectivity index (χ4n) is 5.31. The first-order valence-corrected chi connectivity index (χ1v) is 15.1. The molecule has 0 aliphatic carbocycles. The average molecular weight is 602 g/mol. The number of carbonyl (C=O) groups is 2. The third kappa shape index (κ3) is 9.63. The first-order chi connectivity index (χ1) is 21.2. The SMILES string of the molecule is COc1ccc(C=NNC(=O)c2cc(N3CCCCC3)ccc2NC(=O)c2cccc(CN(CC(C)O)CC(C)O)c2)cc1. The Morgan fingerprint density at radius 3 is 2.32 bits per heavy atom. The lowest BCUT2D eigenvalue weighted by Crippen LogP contribution is -2.35. The molecule has 3 aromatic rings. The Morgan fingerprint density at radius 2 is 1.66 bits per heavy atom. The molecule has 3 aromatic carbocycles. The summed E-state index contributed by atoms with van der Waals surface area (Å²) in [5.74, 6) is -0.0704. The molecule has 0 bridgehead atoms. The van der Waals surface area contributed by atoms with E-state index >= 15 is 0 Å². The maximum absolute atomic E-state index is 13.4. The number of aliphatic hydroxyl groups excluding tert-OH is 2. The third-order valence-corrected chi connectivity index (χ3v) is 7.35. The lowest BCUT2D eigenvalue weighted by Gasteiger charge is -2.29. The van der Waals surface area contributed by atoms with Gasteiger partial charge in [0.25, 0.3) is 11.8 Å². The number of amides is 2. The van der Waals surface area contributed by atoms with E-state index < -0.39 is 18.1 Å². The number of piperidine rings is 1. The van der Waals surface area contributed by atoms with Crippen LogP contribution in [0.2, 0.25) is 0 Å². The van der Waals surface area contributed by atoms with Crippen LogP contribution in [0.3, 0.4) is 0 Å². The minimum absolute atomic E-state index is 0.310. The van der Waals surface area contributed by atoms with Crippen LogP contribution in [-0.4, -0.2) is 78.6 Å². The topological polar surface area (TPSA) is 127 Å². The van der Waals surface area contributed by atoms with Crippen LogP contribution in [-0.2, 0) is 6.54 Å². The number of benzene rings is 3. The Kier molecular flexibility index (Phi) is 11.9. The predicted molar refractivity (Wildman–Crippen MR) is 174 cm³/mol. The number of anilines is 2. The summed E-state index contributed by atoms with van der Waals surface area (Å²) in [5.41, 5.74) is 6.30. The van der Waals surface area contributed by atoms with Gasteiger partial charge in [-0.3, -0.25) is 14.5 Å². The minimum Gasteiger partial charge on any atom is -0.497 e. The first kappa shape index (κ1) is 32.7. The van der Waals surface area contributed by atoms with Crippen LogP contribution in [0.15, 0.2) is 71.8 Å². The number of ether oxygens (including phenoxy) is 1. The number of nitrogens with zero attached hydrogens (tertiary/aromatic N) is 3. The molecule has 1 aliphatic rings. The summed E-state index contributed by atoms with van der Waals surface area (Å²) in [6.45, 7) is 6.48. The number of hydrogen-bond donors (Lipinski definition) is 4. The molecule has 4 N–H and O–H groups in total. The van der Waals surface area contributed by atoms with Gasteiger partial charge in [-0.2, -0.15) is 5.10 Å². The molecule has 1 saturated heterocycles. The van der Waals surface area contributed by atoms with Crippen LogP contribution in [0.1, 0.15) is 65.0 Å². The second kappa shape index (κ2) is 16.0. The van der Waals surface area contributed by atoms with E-state index in [1.807, 2.05) is 41.3 Å². The van der Waals surface area contributed by atoms with Gasteiger partial charge in [0.1, 0.15) is 5.75 Å². The second-order valence-corrected chi connectivity index (χ2v) is 11.3. The highest BCUT2D eigenvalue weighted by atomic mass is 16.5. The number of aliphatic hydroxyl groups is 2. The minimum atomic E-state index is -0.557. The van der Waals surface area contributed by atoms with Crippen molar-refractivity contribution < 1.29 is 24.5 Å². The number of nitrogens with one attached hydrogen (secondary N) is 2. The molecule has 0 radical (unpaired) electrons. The van der Waals surface area contributed by atoms with Crippen molar-refractivity contribution >= 4 is 29.4 Å². The lowest BCUT2D eigenvalue weighted by molar-refractivity contribution is 0.0793. The van der Waals surface area contributed by atoms with Crippen molar-refractivity contribution in [1.29, 1.82) is 0 Å². The summed E-state index contributed by atoms with van der Waals surface area (Å²) >= 11 is 0. The van der Waals surface area contributed by atoms with Gasteiger partial charge in [-0.1, -0.05) is 12.1 Å². The van der Waals surface area contributed by atoms with Crippen molar-refractivity contribution in [2.75, 3.05) is 43.5 Å². The number of methoxy groups -OCH3 is 1. The Bertz CT molecular complexity index is 1410. The van der Waals surface area contributed by atoms with Gasteiger partial charge in [0.15, 0.2) is 0 Å². The molecule has 10 heteroatoms. The highest BCUT2D eigenvalue weighted by Crippen LogP contribution is 2.27. The summed E-state index contributed by atoms with van der Waals surface area (Å²) in [5, 5.41) is 26.8. The summed E-state index contributed by atoms with van der Waals surface area (Å²) < 4.78 is 5.19. The van der Waals surface area contributed by atoms with Crippen LogP contribution in [0.5, 0.6) is 5.75 Å². The molecule has 44 heavy (non-hydrogen) atoms. The van der Waals surface area contributed by atoms with E-state index in [0.717, 1.165) is 48.5 Å². The van der Waals surface area contributed by atoms with Crippen molar-refractivity contribution in [2.45, 2.75) is 51.9 Å². The normalized spacial score (nSPS) is 14.8. The van der Waals surface area contributed by atoms with Crippen molar-refractivity contribution in [2.24, 2.45) is 5.10 Å². The quantitative estimate of drug-likeness (QED) is 0.170. The monoisotopic (exact) mass is 601 g/mol. The summed E-state index contributed by atoms with van der Waals surface area (Å²) in [6.07, 6.45) is 3.81. The molecule has 2 unspecified atom stereocenters. The van der Waals surface area contributed by atoms with Gasteiger partial charge in [-0.05, 0) is 98.8 Å². The molecule has 10 nitrogen and oxygen atoms in total. The maximum atomic E-state index is 13.4. The molecule has 1 fully saturated rings. The highest BCUT2D eigenvalue weighted by molar-refractivity contribution is 6.09. The smallest absolute Gasteiger partial charge is 0.273 e. The molecule has 234 valence electrons. The average Bonchev–Trinajstić information content (AvgIpc) is 3.01. The van der Waals surface area contributed by atoms with Crippen LogP contribution in [0.4, 0.5) is 11.4 Å². The largest absolute Gasteiger partial charge is 0.497 e. The third-order valence-electron chi connectivity index (χ3n) is 7.35. The lowest BCUT2D eigenvalue weighted by atomic mass is 10.1. The van der Waals surface area contributed by atoms with Crippen molar-refractivity contribution in [3.05, 3.63) is 89.0 Å². The molecule has 2 atom stereocenters. The Labute approximate surface area is 259 Å². The van der Waals surface area contributed by atoms with Gasteiger partial charge in [-0.25, -0.2) is 5.43 Å². The Balaban J connectivity index is 1.53. The van der Waals surface area contributed by atoms with Gasteiger partial charge in [0.05, 0.1) is 36.8 Å². The summed E-state index contributed by atoms with van der Waals surface area (Å²) in [6, 6.07) is 20.0. The van der Waals surface area contributed by atoms with Crippen LogP contribution in [0, 0.1) is 0 Å². The first-order valence-electron chi connectivity index (χ1n) is 15.1. The van der Waals surface area contributed by atoms with Gasteiger partial charge in [0, 0.05) is 44.0 Å². The van der Waals surface area contributed by atoms with Crippen LogP contribution in [0.25, 0.3) is 0 Å². The fourth-order valence-corrected chi connectivity index (χ4v) is 5.31. The molecule has 0 spiro atoms. The molecule has 0 saturated carbocycles. The van der Waals surface area contributed by atoms with Crippen LogP contribution >= 0.6 is 0 Å². The molecular formula is C34H43N5O5. The molecule has 0 aromatic heterocycles. The van der Waals surface area contributed by atoms with E-state index in [4.69, 9.17) is 4.74 Å². The van der Waals surface area contributed by atoms with E-state index in [9.17, 15) is 19.8 Å². The molecule has 2 amide bonds. The van der Waals surface area contributed by atoms with E-state index in [2.05, 4.69) is 20.7 Å². The van der Waals surface area contributed by atoms with Crippen LogP contribution < -0.4 is 20.4 Å². The number of rotatable bonds is 13. The van der Waals surface area contributed by atoms with Gasteiger partial charge >= 0.3 is 0 Å². The van der Waals surface area contributed by atoms with Gasteiger partial charge in [-0.15, -0.1) is 0 Å². The van der Waals surface area contributed by atoms with Crippen molar-refractivity contribution in [3.63, 3.8) is 0 Å².